The summed E-state index contributed by atoms with van der Waals surface area (Å²) in [7, 11) is 0. The minimum Gasteiger partial charge on any atom is -0.389 e. The Morgan fingerprint density at radius 2 is 2.06 bits per heavy atom. The molecular formula is C13H19NO3. The fourth-order valence-electron chi connectivity index (χ4n) is 2.33. The summed E-state index contributed by atoms with van der Waals surface area (Å²) in [6.07, 6.45) is -0.537. The van der Waals surface area contributed by atoms with Gasteiger partial charge in [0.15, 0.2) is 5.79 Å². The van der Waals surface area contributed by atoms with Crippen molar-refractivity contribution in [2.45, 2.75) is 43.8 Å². The molecule has 1 saturated heterocycles. The summed E-state index contributed by atoms with van der Waals surface area (Å²) in [5.41, 5.74) is 6.80. The largest absolute Gasteiger partial charge is 0.389 e. The average Bonchev–Trinajstić information content (AvgIpc) is 2.27. The lowest BCUT2D eigenvalue weighted by molar-refractivity contribution is -0.275. The standard InChI is InChI=1S/C13H19NO3/c1-9-12(15)11(14)8-13(16,17-9)7-10-5-3-2-4-6-10/h2-6,9,11-12,15-16H,7-8,14H2,1H3/t9-,11-,12+,13?/m0/s1. The van der Waals surface area contributed by atoms with Gasteiger partial charge >= 0.3 is 0 Å². The molecule has 1 aliphatic rings. The third kappa shape index (κ3) is 2.84. The van der Waals surface area contributed by atoms with Crippen molar-refractivity contribution in [1.29, 1.82) is 0 Å². The van der Waals surface area contributed by atoms with Crippen LogP contribution in [-0.2, 0) is 11.2 Å². The number of hydrogen-bond donors (Lipinski definition) is 3. The highest BCUT2D eigenvalue weighted by atomic mass is 16.6. The molecule has 0 aliphatic carbocycles. The molecule has 1 fully saturated rings. The van der Waals surface area contributed by atoms with Gasteiger partial charge in [-0.15, -0.1) is 0 Å². The summed E-state index contributed by atoms with van der Waals surface area (Å²) in [6, 6.07) is 9.17. The molecule has 1 aromatic carbocycles. The number of hydrogen-bond acceptors (Lipinski definition) is 4. The quantitative estimate of drug-likeness (QED) is 0.696. The van der Waals surface area contributed by atoms with Gasteiger partial charge in [0.2, 0.25) is 0 Å². The van der Waals surface area contributed by atoms with Crippen LogP contribution in [0.2, 0.25) is 0 Å². The lowest BCUT2D eigenvalue weighted by Gasteiger charge is -2.42. The minimum absolute atomic E-state index is 0.243. The van der Waals surface area contributed by atoms with E-state index in [0.717, 1.165) is 5.56 Å². The van der Waals surface area contributed by atoms with Gasteiger partial charge in [-0.25, -0.2) is 0 Å². The van der Waals surface area contributed by atoms with E-state index < -0.39 is 24.0 Å². The van der Waals surface area contributed by atoms with E-state index in [9.17, 15) is 10.2 Å². The van der Waals surface area contributed by atoms with Crippen LogP contribution < -0.4 is 5.73 Å². The van der Waals surface area contributed by atoms with Gasteiger partial charge in [0.1, 0.15) is 0 Å². The molecule has 0 aromatic heterocycles. The molecule has 4 atom stereocenters. The van der Waals surface area contributed by atoms with Gasteiger partial charge in [-0.05, 0) is 12.5 Å². The summed E-state index contributed by atoms with van der Waals surface area (Å²) in [5, 5.41) is 20.1. The molecule has 94 valence electrons. The van der Waals surface area contributed by atoms with E-state index in [1.165, 1.54) is 0 Å². The average molecular weight is 237 g/mol. The highest BCUT2D eigenvalue weighted by molar-refractivity contribution is 5.16. The van der Waals surface area contributed by atoms with Crippen molar-refractivity contribution in [2.24, 2.45) is 5.73 Å². The molecule has 2 rings (SSSR count). The van der Waals surface area contributed by atoms with Crippen molar-refractivity contribution in [3.05, 3.63) is 35.9 Å². The van der Waals surface area contributed by atoms with Crippen molar-refractivity contribution in [3.8, 4) is 0 Å². The molecule has 1 aromatic rings. The van der Waals surface area contributed by atoms with E-state index in [2.05, 4.69) is 0 Å². The van der Waals surface area contributed by atoms with Crippen LogP contribution in [0.5, 0.6) is 0 Å². The molecule has 0 spiro atoms. The minimum atomic E-state index is -1.28. The van der Waals surface area contributed by atoms with Crippen molar-refractivity contribution in [3.63, 3.8) is 0 Å². The monoisotopic (exact) mass is 237 g/mol. The molecule has 4 N–H and O–H groups in total. The first-order valence-corrected chi connectivity index (χ1v) is 5.88. The maximum atomic E-state index is 10.4. The molecule has 1 aliphatic heterocycles. The van der Waals surface area contributed by atoms with Crippen LogP contribution in [0.4, 0.5) is 0 Å². The molecule has 0 amide bonds. The van der Waals surface area contributed by atoms with Gasteiger partial charge in [-0.3, -0.25) is 0 Å². The van der Waals surface area contributed by atoms with E-state index in [4.69, 9.17) is 10.5 Å². The predicted molar refractivity (Wildman–Crippen MR) is 64.2 cm³/mol. The van der Waals surface area contributed by atoms with Crippen LogP contribution in [0, 0.1) is 0 Å². The third-order valence-electron chi connectivity index (χ3n) is 3.20. The van der Waals surface area contributed by atoms with Gasteiger partial charge in [0, 0.05) is 18.9 Å². The maximum absolute atomic E-state index is 10.4. The fraction of sp³-hybridized carbons (Fsp3) is 0.538. The number of aliphatic hydroxyl groups excluding tert-OH is 1. The van der Waals surface area contributed by atoms with Gasteiger partial charge in [-0.1, -0.05) is 30.3 Å². The number of aliphatic hydroxyl groups is 2. The summed E-state index contributed by atoms with van der Waals surface area (Å²) in [5.74, 6) is -1.28. The van der Waals surface area contributed by atoms with Gasteiger partial charge in [-0.2, -0.15) is 0 Å². The lowest BCUT2D eigenvalue weighted by Crippen LogP contribution is -2.57. The Balaban J connectivity index is 2.09. The molecule has 0 saturated carbocycles. The van der Waals surface area contributed by atoms with Crippen LogP contribution in [-0.4, -0.2) is 34.2 Å². The van der Waals surface area contributed by atoms with Gasteiger partial charge < -0.3 is 20.7 Å². The summed E-state index contributed by atoms with van der Waals surface area (Å²) >= 11 is 0. The fourth-order valence-corrected chi connectivity index (χ4v) is 2.33. The Hall–Kier alpha value is -0.940. The van der Waals surface area contributed by atoms with Crippen LogP contribution in [0.25, 0.3) is 0 Å². The maximum Gasteiger partial charge on any atom is 0.171 e. The summed E-state index contributed by atoms with van der Waals surface area (Å²) < 4.78 is 5.49. The first-order chi connectivity index (χ1) is 8.00. The first-order valence-electron chi connectivity index (χ1n) is 5.88. The smallest absolute Gasteiger partial charge is 0.171 e. The molecule has 1 heterocycles. The van der Waals surface area contributed by atoms with Crippen molar-refractivity contribution < 1.29 is 14.9 Å². The highest BCUT2D eigenvalue weighted by Crippen LogP contribution is 2.29. The zero-order valence-electron chi connectivity index (χ0n) is 9.91. The number of benzene rings is 1. The van der Waals surface area contributed by atoms with Crippen LogP contribution in [0.15, 0.2) is 30.3 Å². The van der Waals surface area contributed by atoms with Crippen molar-refractivity contribution >= 4 is 0 Å². The van der Waals surface area contributed by atoms with Crippen LogP contribution >= 0.6 is 0 Å². The van der Waals surface area contributed by atoms with E-state index >= 15 is 0 Å². The second-order valence-electron chi connectivity index (χ2n) is 4.79. The van der Waals surface area contributed by atoms with E-state index in [1.54, 1.807) is 6.92 Å². The van der Waals surface area contributed by atoms with E-state index in [-0.39, 0.29) is 6.42 Å². The zero-order chi connectivity index (χ0) is 12.5. The SMILES string of the molecule is C[C@@H]1OC(O)(Cc2ccccc2)C[C@H](N)[C@@H]1O. The highest BCUT2D eigenvalue weighted by Gasteiger charge is 2.42. The molecule has 1 unspecified atom stereocenters. The Kier molecular flexibility index (Phi) is 3.49. The van der Waals surface area contributed by atoms with Crippen LogP contribution in [0.1, 0.15) is 18.9 Å². The van der Waals surface area contributed by atoms with Crippen LogP contribution in [0.3, 0.4) is 0 Å². The van der Waals surface area contributed by atoms with Gasteiger partial charge in [0.25, 0.3) is 0 Å². The second-order valence-corrected chi connectivity index (χ2v) is 4.79. The first kappa shape index (κ1) is 12.5. The van der Waals surface area contributed by atoms with Crippen molar-refractivity contribution in [1.82, 2.24) is 0 Å². The second kappa shape index (κ2) is 4.74. The van der Waals surface area contributed by atoms with Crippen molar-refractivity contribution in [2.75, 3.05) is 0 Å². The number of nitrogens with two attached hydrogens (primary N) is 1. The molecule has 4 nitrogen and oxygen atoms in total. The molecular weight excluding hydrogens is 218 g/mol. The Morgan fingerprint density at radius 3 is 2.65 bits per heavy atom. The van der Waals surface area contributed by atoms with E-state index in [1.807, 2.05) is 30.3 Å². The molecule has 4 heteroatoms. The number of rotatable bonds is 2. The summed E-state index contributed by atoms with van der Waals surface area (Å²) in [4.78, 5) is 0. The third-order valence-corrected chi connectivity index (χ3v) is 3.20. The molecule has 17 heavy (non-hydrogen) atoms. The summed E-state index contributed by atoms with van der Waals surface area (Å²) in [6.45, 7) is 1.72. The predicted octanol–water partition coefficient (Wildman–Crippen LogP) is 0.415. The molecule has 0 bridgehead atoms. The topological polar surface area (TPSA) is 75.7 Å². The Morgan fingerprint density at radius 1 is 1.41 bits per heavy atom. The van der Waals surface area contributed by atoms with Gasteiger partial charge in [0.05, 0.1) is 12.2 Å². The Bertz CT molecular complexity index is 356. The zero-order valence-corrected chi connectivity index (χ0v) is 9.91. The molecule has 0 radical (unpaired) electrons. The number of ether oxygens (including phenoxy) is 1. The van der Waals surface area contributed by atoms with E-state index in [0.29, 0.717) is 6.42 Å². The normalized spacial score (nSPS) is 38.0. The Labute approximate surface area is 101 Å². The lowest BCUT2D eigenvalue weighted by atomic mass is 9.90.